The lowest BCUT2D eigenvalue weighted by Gasteiger charge is -2.14. The molecule has 1 aromatic carbocycles. The Kier molecular flexibility index (Phi) is 4.29. The molecule has 0 unspecified atom stereocenters. The molecule has 0 bridgehead atoms. The zero-order chi connectivity index (χ0) is 13.7. The van der Waals surface area contributed by atoms with Gasteiger partial charge < -0.3 is 5.32 Å². The summed E-state index contributed by atoms with van der Waals surface area (Å²) < 4.78 is 0. The Bertz CT molecular complexity index is 534. The number of amides is 1. The summed E-state index contributed by atoms with van der Waals surface area (Å²) in [5.41, 5.74) is 2.84. The van der Waals surface area contributed by atoms with Gasteiger partial charge in [-0.2, -0.15) is 0 Å². The second-order valence-electron chi connectivity index (χ2n) is 4.51. The molecule has 1 aromatic heterocycles. The summed E-state index contributed by atoms with van der Waals surface area (Å²) in [7, 11) is 0. The van der Waals surface area contributed by atoms with E-state index in [2.05, 4.69) is 41.5 Å². The van der Waals surface area contributed by atoms with Crippen molar-refractivity contribution in [3.63, 3.8) is 0 Å². The number of aryl methyl sites for hydroxylation is 1. The maximum absolute atomic E-state index is 12.0. The summed E-state index contributed by atoms with van der Waals surface area (Å²) in [5, 5.41) is 2.95. The van der Waals surface area contributed by atoms with Crippen LogP contribution >= 0.6 is 0 Å². The molecule has 0 aliphatic carbocycles. The van der Waals surface area contributed by atoms with Gasteiger partial charge in [0.2, 0.25) is 0 Å². The molecule has 1 N–H and O–H groups in total. The van der Waals surface area contributed by atoms with Crippen LogP contribution < -0.4 is 5.32 Å². The molecule has 3 nitrogen and oxygen atoms in total. The van der Waals surface area contributed by atoms with E-state index in [9.17, 15) is 4.79 Å². The maximum atomic E-state index is 12.0. The van der Waals surface area contributed by atoms with Crippen LogP contribution in [0.3, 0.4) is 0 Å². The minimum absolute atomic E-state index is 0.0274. The van der Waals surface area contributed by atoms with Crippen molar-refractivity contribution in [1.82, 2.24) is 10.3 Å². The first-order valence-corrected chi connectivity index (χ1v) is 6.51. The highest BCUT2D eigenvalue weighted by molar-refractivity contribution is 5.92. The molecule has 2 rings (SSSR count). The summed E-state index contributed by atoms with van der Waals surface area (Å²) in [6.45, 7) is 4.10. The van der Waals surface area contributed by atoms with E-state index >= 15 is 0 Å². The van der Waals surface area contributed by atoms with Gasteiger partial charge in [0, 0.05) is 6.20 Å². The summed E-state index contributed by atoms with van der Waals surface area (Å²) in [6.07, 6.45) is 2.64. The molecule has 0 saturated heterocycles. The molecule has 1 amide bonds. The molecule has 0 aliphatic rings. The second-order valence-corrected chi connectivity index (χ2v) is 4.51. The van der Waals surface area contributed by atoms with Crippen molar-refractivity contribution in [1.29, 1.82) is 0 Å². The number of nitrogens with zero attached hydrogens (tertiary/aromatic N) is 1. The molecule has 98 valence electrons. The van der Waals surface area contributed by atoms with E-state index in [0.29, 0.717) is 5.69 Å². The van der Waals surface area contributed by atoms with E-state index in [0.717, 1.165) is 12.0 Å². The number of carbonyl (C=O) groups is 1. The topological polar surface area (TPSA) is 42.0 Å². The van der Waals surface area contributed by atoms with E-state index in [1.165, 1.54) is 5.56 Å². The van der Waals surface area contributed by atoms with Crippen molar-refractivity contribution in [2.24, 2.45) is 0 Å². The van der Waals surface area contributed by atoms with Crippen molar-refractivity contribution in [2.75, 3.05) is 0 Å². The molecule has 3 heteroatoms. The maximum Gasteiger partial charge on any atom is 0.270 e. The fourth-order valence-electron chi connectivity index (χ4n) is 1.89. The standard InChI is InChI=1S/C16H18N2O/c1-3-13-7-9-14(10-8-13)12(2)18-16(19)15-6-4-5-11-17-15/h4-12H,3H2,1-2H3,(H,18,19)/t12-/m0/s1. The Morgan fingerprint density at radius 2 is 1.95 bits per heavy atom. The van der Waals surface area contributed by atoms with Gasteiger partial charge >= 0.3 is 0 Å². The number of hydrogen-bond donors (Lipinski definition) is 1. The fourth-order valence-corrected chi connectivity index (χ4v) is 1.89. The number of benzene rings is 1. The van der Waals surface area contributed by atoms with Crippen LogP contribution in [0.4, 0.5) is 0 Å². The summed E-state index contributed by atoms with van der Waals surface area (Å²) in [5.74, 6) is -0.146. The molecule has 0 fully saturated rings. The van der Waals surface area contributed by atoms with Crippen molar-refractivity contribution >= 4 is 5.91 Å². The number of nitrogens with one attached hydrogen (secondary N) is 1. The van der Waals surface area contributed by atoms with Crippen molar-refractivity contribution < 1.29 is 4.79 Å². The van der Waals surface area contributed by atoms with Crippen LogP contribution in [0.15, 0.2) is 48.7 Å². The van der Waals surface area contributed by atoms with E-state index in [4.69, 9.17) is 0 Å². The molecular weight excluding hydrogens is 236 g/mol. The van der Waals surface area contributed by atoms with Gasteiger partial charge in [-0.3, -0.25) is 9.78 Å². The van der Waals surface area contributed by atoms with Crippen molar-refractivity contribution in [3.05, 3.63) is 65.5 Å². The Labute approximate surface area is 113 Å². The largest absolute Gasteiger partial charge is 0.344 e. The van der Waals surface area contributed by atoms with Crippen molar-refractivity contribution in [3.8, 4) is 0 Å². The third kappa shape index (κ3) is 3.41. The van der Waals surface area contributed by atoms with Gasteiger partial charge in [-0.1, -0.05) is 37.3 Å². The third-order valence-corrected chi connectivity index (χ3v) is 3.13. The van der Waals surface area contributed by atoms with Crippen molar-refractivity contribution in [2.45, 2.75) is 26.3 Å². The molecular formula is C16H18N2O. The highest BCUT2D eigenvalue weighted by Gasteiger charge is 2.11. The van der Waals surface area contributed by atoms with Gasteiger partial charge in [0.25, 0.3) is 5.91 Å². The number of carbonyl (C=O) groups excluding carboxylic acids is 1. The zero-order valence-electron chi connectivity index (χ0n) is 11.3. The molecule has 0 radical (unpaired) electrons. The first-order chi connectivity index (χ1) is 9.20. The third-order valence-electron chi connectivity index (χ3n) is 3.13. The smallest absolute Gasteiger partial charge is 0.270 e. The van der Waals surface area contributed by atoms with E-state index in [-0.39, 0.29) is 11.9 Å². The second kappa shape index (κ2) is 6.14. The van der Waals surface area contributed by atoms with E-state index in [1.807, 2.05) is 13.0 Å². The predicted molar refractivity (Wildman–Crippen MR) is 75.9 cm³/mol. The molecule has 2 aromatic rings. The van der Waals surface area contributed by atoms with E-state index in [1.54, 1.807) is 18.3 Å². The van der Waals surface area contributed by atoms with Crippen LogP contribution in [-0.2, 0) is 6.42 Å². The lowest BCUT2D eigenvalue weighted by molar-refractivity contribution is 0.0935. The van der Waals surface area contributed by atoms with Gasteiger partial charge in [0.1, 0.15) is 5.69 Å². The first-order valence-electron chi connectivity index (χ1n) is 6.51. The fraction of sp³-hybridized carbons (Fsp3) is 0.250. The van der Waals surface area contributed by atoms with Gasteiger partial charge in [0.15, 0.2) is 0 Å². The van der Waals surface area contributed by atoms with Crippen LogP contribution in [0.1, 0.15) is 41.5 Å². The quantitative estimate of drug-likeness (QED) is 0.910. The monoisotopic (exact) mass is 254 g/mol. The molecule has 0 spiro atoms. The van der Waals surface area contributed by atoms with Crippen LogP contribution in [0.25, 0.3) is 0 Å². The van der Waals surface area contributed by atoms with Gasteiger partial charge in [0.05, 0.1) is 6.04 Å². The number of rotatable bonds is 4. The number of pyridine rings is 1. The Morgan fingerprint density at radius 1 is 1.21 bits per heavy atom. The Balaban J connectivity index is 2.04. The van der Waals surface area contributed by atoms with Gasteiger partial charge in [-0.15, -0.1) is 0 Å². The summed E-state index contributed by atoms with van der Waals surface area (Å²) >= 11 is 0. The van der Waals surface area contributed by atoms with Crippen LogP contribution in [0.2, 0.25) is 0 Å². The lowest BCUT2D eigenvalue weighted by atomic mass is 10.0. The minimum Gasteiger partial charge on any atom is -0.344 e. The average molecular weight is 254 g/mol. The lowest BCUT2D eigenvalue weighted by Crippen LogP contribution is -2.27. The predicted octanol–water partition coefficient (Wildman–Crippen LogP) is 3.14. The molecule has 0 aliphatic heterocycles. The van der Waals surface area contributed by atoms with Crippen LogP contribution in [0, 0.1) is 0 Å². The van der Waals surface area contributed by atoms with Gasteiger partial charge in [-0.25, -0.2) is 0 Å². The highest BCUT2D eigenvalue weighted by Crippen LogP contribution is 2.14. The Morgan fingerprint density at radius 3 is 2.53 bits per heavy atom. The highest BCUT2D eigenvalue weighted by atomic mass is 16.1. The molecule has 19 heavy (non-hydrogen) atoms. The molecule has 1 heterocycles. The van der Waals surface area contributed by atoms with Crippen LogP contribution in [-0.4, -0.2) is 10.9 Å². The molecule has 1 atom stereocenters. The van der Waals surface area contributed by atoms with Crippen LogP contribution in [0.5, 0.6) is 0 Å². The first kappa shape index (κ1) is 13.3. The molecule has 0 saturated carbocycles. The summed E-state index contributed by atoms with van der Waals surface area (Å²) in [6, 6.07) is 13.6. The SMILES string of the molecule is CCc1ccc([C@H](C)NC(=O)c2ccccn2)cc1. The number of aromatic nitrogens is 1. The summed E-state index contributed by atoms with van der Waals surface area (Å²) in [4.78, 5) is 16.0. The zero-order valence-corrected chi connectivity index (χ0v) is 11.3. The van der Waals surface area contributed by atoms with E-state index < -0.39 is 0 Å². The average Bonchev–Trinajstić information content (AvgIpc) is 2.48. The normalized spacial score (nSPS) is 11.9. The van der Waals surface area contributed by atoms with Gasteiger partial charge in [-0.05, 0) is 36.6 Å². The Hall–Kier alpha value is -2.16. The minimum atomic E-state index is -0.146. The number of hydrogen-bond acceptors (Lipinski definition) is 2.